The molecule has 4 fully saturated rings. The van der Waals surface area contributed by atoms with Crippen LogP contribution in [0.25, 0.3) is 0 Å². The van der Waals surface area contributed by atoms with Crippen molar-refractivity contribution >= 4 is 13.4 Å². The average molecular weight is 312 g/mol. The van der Waals surface area contributed by atoms with E-state index in [-0.39, 0.29) is 0 Å². The maximum Gasteiger partial charge on any atom is 0.142 e. The first-order valence-electron chi connectivity index (χ1n) is 11.4. The quantitative estimate of drug-likeness (QED) is 0.467. The van der Waals surface area contributed by atoms with Crippen molar-refractivity contribution in [1.29, 1.82) is 0 Å². The normalized spacial score (nSPS) is 38.5. The van der Waals surface area contributed by atoms with E-state index in [1.54, 1.807) is 83.5 Å². The zero-order chi connectivity index (χ0) is 15.6. The van der Waals surface area contributed by atoms with Crippen molar-refractivity contribution in [3.05, 3.63) is 0 Å². The van der Waals surface area contributed by atoms with E-state index in [1.807, 2.05) is 0 Å². The fraction of sp³-hybridized carbons (Fsp3) is 1.00. The van der Waals surface area contributed by atoms with Crippen LogP contribution in [0.3, 0.4) is 0 Å². The fourth-order valence-electron chi connectivity index (χ4n) is 7.94. The largest absolute Gasteiger partial charge is 0.142 e. The Kier molecular flexibility index (Phi) is 5.46. The maximum atomic E-state index is 2.42. The molecule has 4 aliphatic heterocycles. The second-order valence-electron chi connectivity index (χ2n) is 9.72. The Labute approximate surface area is 146 Å². The zero-order valence-electron chi connectivity index (χ0n) is 15.6. The zero-order valence-corrected chi connectivity index (χ0v) is 15.6. The van der Waals surface area contributed by atoms with Crippen LogP contribution in [0.5, 0.6) is 0 Å². The number of rotatable bonds is 5. The predicted molar refractivity (Wildman–Crippen MR) is 105 cm³/mol. The molecular formula is C21H38B2. The van der Waals surface area contributed by atoms with Gasteiger partial charge in [0.05, 0.1) is 0 Å². The molecule has 0 radical (unpaired) electrons. The van der Waals surface area contributed by atoms with E-state index in [4.69, 9.17) is 0 Å². The number of hydrogen-bond acceptors (Lipinski definition) is 0. The van der Waals surface area contributed by atoms with Crippen LogP contribution in [0, 0.1) is 0 Å². The first-order valence-corrected chi connectivity index (χ1v) is 11.4. The minimum absolute atomic E-state index is 1.13. The third kappa shape index (κ3) is 3.30. The summed E-state index contributed by atoms with van der Waals surface area (Å²) >= 11 is 0. The first-order chi connectivity index (χ1) is 11.4. The monoisotopic (exact) mass is 312 g/mol. The lowest BCUT2D eigenvalue weighted by atomic mass is 9.06. The van der Waals surface area contributed by atoms with Gasteiger partial charge in [0, 0.05) is 0 Å². The van der Waals surface area contributed by atoms with Crippen LogP contribution in [0.1, 0.15) is 103 Å². The molecule has 4 saturated heterocycles. The van der Waals surface area contributed by atoms with Crippen molar-refractivity contribution in [3.8, 4) is 0 Å². The van der Waals surface area contributed by atoms with Crippen LogP contribution in [-0.4, -0.2) is 13.4 Å². The van der Waals surface area contributed by atoms with Crippen LogP contribution >= 0.6 is 0 Å². The van der Waals surface area contributed by atoms with Crippen molar-refractivity contribution < 1.29 is 0 Å². The molecular weight excluding hydrogens is 274 g/mol. The van der Waals surface area contributed by atoms with Gasteiger partial charge in [0.2, 0.25) is 0 Å². The summed E-state index contributed by atoms with van der Waals surface area (Å²) in [4.78, 5) is 0. The SMILES string of the molecule is CCCCC(B1C2CCCC1CCC2)B1C2CCCC1CCC2. The van der Waals surface area contributed by atoms with E-state index in [9.17, 15) is 0 Å². The van der Waals surface area contributed by atoms with Crippen molar-refractivity contribution in [2.75, 3.05) is 0 Å². The second kappa shape index (κ2) is 7.57. The van der Waals surface area contributed by atoms with Gasteiger partial charge in [-0.25, -0.2) is 0 Å². The van der Waals surface area contributed by atoms with Gasteiger partial charge in [-0.05, 0) is 0 Å². The van der Waals surface area contributed by atoms with Crippen LogP contribution in [0.15, 0.2) is 0 Å². The number of fused-ring (bicyclic) bond motifs is 4. The summed E-state index contributed by atoms with van der Waals surface area (Å²) in [6.07, 6.45) is 23.5. The standard InChI is InChI=1S/C21H38B2/c1-2-3-16-21(22-17-8-4-9-18(22)11-5-10-17)23-19-12-6-13-20(23)15-7-14-19/h17-21H,2-16H2,1H3. The lowest BCUT2D eigenvalue weighted by molar-refractivity contribution is 0.421. The molecule has 0 atom stereocenters. The molecule has 0 aromatic carbocycles. The maximum absolute atomic E-state index is 2.42. The molecule has 0 nitrogen and oxygen atoms in total. The highest BCUT2D eigenvalue weighted by Gasteiger charge is 2.51. The van der Waals surface area contributed by atoms with Crippen molar-refractivity contribution in [2.24, 2.45) is 0 Å². The van der Waals surface area contributed by atoms with Gasteiger partial charge in [-0.3, -0.25) is 0 Å². The summed E-state index contributed by atoms with van der Waals surface area (Å²) in [5.74, 6) is 4.53. The Balaban J connectivity index is 1.58. The second-order valence-corrected chi connectivity index (χ2v) is 9.72. The van der Waals surface area contributed by atoms with Gasteiger partial charge in [0.25, 0.3) is 0 Å². The summed E-state index contributed by atoms with van der Waals surface area (Å²) in [5.41, 5.74) is 1.13. The third-order valence-corrected chi connectivity index (χ3v) is 8.66. The van der Waals surface area contributed by atoms with E-state index >= 15 is 0 Å². The van der Waals surface area contributed by atoms with Crippen LogP contribution < -0.4 is 0 Å². The summed E-state index contributed by atoms with van der Waals surface area (Å²) in [6, 6.07) is 0. The summed E-state index contributed by atoms with van der Waals surface area (Å²) in [7, 11) is 0. The topological polar surface area (TPSA) is 0 Å². The molecule has 0 aromatic heterocycles. The van der Waals surface area contributed by atoms with E-state index in [0.717, 1.165) is 42.4 Å². The fourth-order valence-corrected chi connectivity index (χ4v) is 7.94. The lowest BCUT2D eigenvalue weighted by Gasteiger charge is -2.51. The van der Waals surface area contributed by atoms with Gasteiger partial charge < -0.3 is 0 Å². The minimum atomic E-state index is 1.13. The van der Waals surface area contributed by atoms with E-state index in [0.29, 0.717) is 0 Å². The first kappa shape index (κ1) is 16.6. The Morgan fingerprint density at radius 1 is 0.652 bits per heavy atom. The molecule has 0 spiro atoms. The van der Waals surface area contributed by atoms with Gasteiger partial charge in [0.1, 0.15) is 13.4 Å². The number of hydrogen-bond donors (Lipinski definition) is 0. The molecule has 2 heteroatoms. The minimum Gasteiger partial charge on any atom is -0.0820 e. The van der Waals surface area contributed by atoms with Crippen LogP contribution in [0.4, 0.5) is 0 Å². The molecule has 4 bridgehead atoms. The molecule has 0 aliphatic carbocycles. The Morgan fingerprint density at radius 3 is 1.30 bits per heavy atom. The average Bonchev–Trinajstić information content (AvgIpc) is 2.54. The molecule has 0 N–H and O–H groups in total. The van der Waals surface area contributed by atoms with Gasteiger partial charge in [-0.15, -0.1) is 0 Å². The summed E-state index contributed by atoms with van der Waals surface area (Å²) in [5, 5.41) is 0. The van der Waals surface area contributed by atoms with Gasteiger partial charge >= 0.3 is 0 Å². The van der Waals surface area contributed by atoms with Gasteiger partial charge in [0.15, 0.2) is 0 Å². The lowest BCUT2D eigenvalue weighted by Crippen LogP contribution is -2.49. The molecule has 4 rings (SSSR count). The van der Waals surface area contributed by atoms with Crippen molar-refractivity contribution in [3.63, 3.8) is 0 Å². The van der Waals surface area contributed by atoms with Crippen molar-refractivity contribution in [1.82, 2.24) is 0 Å². The van der Waals surface area contributed by atoms with E-state index in [2.05, 4.69) is 6.92 Å². The molecule has 0 aromatic rings. The van der Waals surface area contributed by atoms with E-state index < -0.39 is 0 Å². The molecule has 0 unspecified atom stereocenters. The van der Waals surface area contributed by atoms with Crippen LogP contribution in [0.2, 0.25) is 29.0 Å². The molecule has 0 saturated carbocycles. The van der Waals surface area contributed by atoms with Crippen molar-refractivity contribution in [2.45, 2.75) is 132 Å². The predicted octanol–water partition coefficient (Wildman–Crippen LogP) is 7.29. The molecule has 23 heavy (non-hydrogen) atoms. The molecule has 4 heterocycles. The van der Waals surface area contributed by atoms with Gasteiger partial charge in [-0.1, -0.05) is 132 Å². The van der Waals surface area contributed by atoms with E-state index in [1.165, 1.54) is 12.8 Å². The third-order valence-electron chi connectivity index (χ3n) is 8.66. The summed E-state index contributed by atoms with van der Waals surface area (Å²) < 4.78 is 0. The van der Waals surface area contributed by atoms with Gasteiger partial charge in [-0.2, -0.15) is 0 Å². The highest BCUT2D eigenvalue weighted by atomic mass is 14.3. The Morgan fingerprint density at radius 2 is 1.00 bits per heavy atom. The van der Waals surface area contributed by atoms with Crippen LogP contribution in [-0.2, 0) is 0 Å². The highest BCUT2D eigenvalue weighted by Crippen LogP contribution is 2.58. The molecule has 4 aliphatic rings. The smallest absolute Gasteiger partial charge is 0.0820 e. The number of unbranched alkanes of at least 4 members (excludes halogenated alkanes) is 1. The Bertz CT molecular complexity index is 306. The summed E-state index contributed by atoms with van der Waals surface area (Å²) in [6.45, 7) is 4.71. The molecule has 0 amide bonds. The molecule has 128 valence electrons. The Hall–Kier alpha value is 0.130. The highest BCUT2D eigenvalue weighted by molar-refractivity contribution is 6.83.